The van der Waals surface area contributed by atoms with E-state index in [1.165, 1.54) is 6.07 Å². The molecule has 0 amide bonds. The molecule has 2 rings (SSSR count). The third kappa shape index (κ3) is 3.14. The first-order chi connectivity index (χ1) is 9.13. The molecule has 0 aliphatic rings. The maximum Gasteiger partial charge on any atom is 0.129 e. The van der Waals surface area contributed by atoms with Crippen LogP contribution in [-0.4, -0.2) is 16.6 Å². The van der Waals surface area contributed by atoms with Gasteiger partial charge in [0.25, 0.3) is 0 Å². The molecule has 1 N–H and O–H groups in total. The van der Waals surface area contributed by atoms with Gasteiger partial charge < -0.3 is 9.88 Å². The van der Waals surface area contributed by atoms with Gasteiger partial charge in [0.1, 0.15) is 11.6 Å². The van der Waals surface area contributed by atoms with E-state index in [1.807, 2.05) is 24.9 Å². The highest BCUT2D eigenvalue weighted by Gasteiger charge is 2.18. The molecule has 0 spiro atoms. The van der Waals surface area contributed by atoms with E-state index >= 15 is 0 Å². The van der Waals surface area contributed by atoms with Crippen LogP contribution in [0.1, 0.15) is 23.9 Å². The Kier molecular flexibility index (Phi) is 4.56. The van der Waals surface area contributed by atoms with Crippen LogP contribution in [0.15, 0.2) is 30.6 Å². The summed E-state index contributed by atoms with van der Waals surface area (Å²) in [6.45, 7) is 0. The summed E-state index contributed by atoms with van der Waals surface area (Å²) >= 11 is 6.09. The molecule has 0 fully saturated rings. The van der Waals surface area contributed by atoms with Crippen molar-refractivity contribution < 1.29 is 4.39 Å². The Morgan fingerprint density at radius 1 is 1.47 bits per heavy atom. The van der Waals surface area contributed by atoms with Crippen molar-refractivity contribution in [2.45, 2.75) is 18.9 Å². The van der Waals surface area contributed by atoms with Crippen LogP contribution in [0.3, 0.4) is 0 Å². The van der Waals surface area contributed by atoms with Crippen molar-refractivity contribution in [2.24, 2.45) is 7.05 Å². The van der Waals surface area contributed by atoms with E-state index in [0.717, 1.165) is 18.7 Å². The highest BCUT2D eigenvalue weighted by Crippen LogP contribution is 2.28. The average Bonchev–Trinajstić information content (AvgIpc) is 2.78. The zero-order valence-electron chi connectivity index (χ0n) is 11.0. The third-order valence-electron chi connectivity index (χ3n) is 3.27. The van der Waals surface area contributed by atoms with Crippen molar-refractivity contribution in [3.8, 4) is 0 Å². The fourth-order valence-corrected chi connectivity index (χ4v) is 2.48. The summed E-state index contributed by atoms with van der Waals surface area (Å²) in [7, 11) is 3.76. The lowest BCUT2D eigenvalue weighted by Crippen LogP contribution is -2.19. The molecule has 5 heteroatoms. The topological polar surface area (TPSA) is 29.9 Å². The van der Waals surface area contributed by atoms with Crippen LogP contribution in [0.25, 0.3) is 0 Å². The zero-order valence-corrected chi connectivity index (χ0v) is 11.8. The summed E-state index contributed by atoms with van der Waals surface area (Å²) in [4.78, 5) is 4.27. The summed E-state index contributed by atoms with van der Waals surface area (Å²) in [6.07, 6.45) is 5.17. The van der Waals surface area contributed by atoms with Crippen LogP contribution in [-0.2, 0) is 13.5 Å². The van der Waals surface area contributed by atoms with E-state index < -0.39 is 0 Å². The number of aryl methyl sites for hydroxylation is 2. The quantitative estimate of drug-likeness (QED) is 0.913. The van der Waals surface area contributed by atoms with E-state index in [2.05, 4.69) is 10.3 Å². The highest BCUT2D eigenvalue weighted by atomic mass is 35.5. The van der Waals surface area contributed by atoms with Crippen LogP contribution < -0.4 is 5.32 Å². The zero-order chi connectivity index (χ0) is 13.8. The number of benzene rings is 1. The monoisotopic (exact) mass is 281 g/mol. The molecule has 1 heterocycles. The molecule has 1 atom stereocenters. The Labute approximate surface area is 117 Å². The van der Waals surface area contributed by atoms with E-state index in [4.69, 9.17) is 11.6 Å². The molecule has 0 radical (unpaired) electrons. The van der Waals surface area contributed by atoms with Crippen LogP contribution in [0.5, 0.6) is 0 Å². The lowest BCUT2D eigenvalue weighted by atomic mass is 10.0. The molecule has 0 aliphatic heterocycles. The minimum Gasteiger partial charge on any atom is -0.338 e. The van der Waals surface area contributed by atoms with E-state index in [1.54, 1.807) is 18.3 Å². The van der Waals surface area contributed by atoms with E-state index in [0.29, 0.717) is 10.6 Å². The summed E-state index contributed by atoms with van der Waals surface area (Å²) in [5, 5.41) is 3.58. The molecule has 0 aliphatic carbocycles. The standard InChI is InChI=1S/C14H17ClFN3/c1-17-12(6-7-13-18-8-9-19(13)2)14-10(15)4-3-5-11(14)16/h3-5,8-9,12,17H,6-7H2,1-2H3. The van der Waals surface area contributed by atoms with Gasteiger partial charge in [0, 0.05) is 42.5 Å². The van der Waals surface area contributed by atoms with Gasteiger partial charge >= 0.3 is 0 Å². The molecule has 1 aromatic carbocycles. The first-order valence-electron chi connectivity index (χ1n) is 6.21. The molecule has 0 saturated heterocycles. The fraction of sp³-hybridized carbons (Fsp3) is 0.357. The number of hydrogen-bond acceptors (Lipinski definition) is 2. The van der Waals surface area contributed by atoms with Crippen molar-refractivity contribution in [2.75, 3.05) is 7.05 Å². The van der Waals surface area contributed by atoms with Crippen molar-refractivity contribution in [1.29, 1.82) is 0 Å². The molecular weight excluding hydrogens is 265 g/mol. The molecule has 2 aromatic rings. The van der Waals surface area contributed by atoms with Gasteiger partial charge in [-0.1, -0.05) is 17.7 Å². The van der Waals surface area contributed by atoms with Gasteiger partial charge in [0.05, 0.1) is 0 Å². The van der Waals surface area contributed by atoms with Crippen LogP contribution >= 0.6 is 11.6 Å². The number of hydrogen-bond donors (Lipinski definition) is 1. The lowest BCUT2D eigenvalue weighted by Gasteiger charge is -2.18. The first kappa shape index (κ1) is 14.0. The Bertz CT molecular complexity index is 533. The predicted molar refractivity (Wildman–Crippen MR) is 74.7 cm³/mol. The number of nitrogens with zero attached hydrogens (tertiary/aromatic N) is 2. The Hall–Kier alpha value is -1.39. The molecule has 19 heavy (non-hydrogen) atoms. The number of aromatic nitrogens is 2. The number of nitrogens with one attached hydrogen (secondary N) is 1. The third-order valence-corrected chi connectivity index (χ3v) is 3.60. The second kappa shape index (κ2) is 6.17. The normalized spacial score (nSPS) is 12.6. The van der Waals surface area contributed by atoms with E-state index in [-0.39, 0.29) is 11.9 Å². The summed E-state index contributed by atoms with van der Waals surface area (Å²) < 4.78 is 15.9. The second-order valence-corrected chi connectivity index (χ2v) is 4.88. The van der Waals surface area contributed by atoms with Crippen molar-refractivity contribution in [1.82, 2.24) is 14.9 Å². The van der Waals surface area contributed by atoms with Gasteiger partial charge in [-0.25, -0.2) is 9.37 Å². The molecule has 1 aromatic heterocycles. The largest absolute Gasteiger partial charge is 0.338 e. The van der Waals surface area contributed by atoms with Gasteiger partial charge in [0.2, 0.25) is 0 Å². The number of rotatable bonds is 5. The van der Waals surface area contributed by atoms with Crippen molar-refractivity contribution in [3.63, 3.8) is 0 Å². The van der Waals surface area contributed by atoms with Crippen LogP contribution in [0, 0.1) is 5.82 Å². The number of imidazole rings is 1. The SMILES string of the molecule is CNC(CCc1nccn1C)c1c(F)cccc1Cl. The van der Waals surface area contributed by atoms with Crippen molar-refractivity contribution in [3.05, 3.63) is 52.8 Å². The smallest absolute Gasteiger partial charge is 0.129 e. The van der Waals surface area contributed by atoms with Gasteiger partial charge in [-0.05, 0) is 25.6 Å². The predicted octanol–water partition coefficient (Wildman–Crippen LogP) is 3.11. The molecule has 0 bridgehead atoms. The molecule has 0 saturated carbocycles. The summed E-state index contributed by atoms with van der Waals surface area (Å²) in [5.41, 5.74) is 0.529. The molecule has 102 valence electrons. The molecule has 1 unspecified atom stereocenters. The van der Waals surface area contributed by atoms with Gasteiger partial charge in [-0.2, -0.15) is 0 Å². The van der Waals surface area contributed by atoms with Crippen LogP contribution in [0.4, 0.5) is 4.39 Å². The van der Waals surface area contributed by atoms with Gasteiger partial charge in [-0.15, -0.1) is 0 Å². The van der Waals surface area contributed by atoms with Crippen LogP contribution in [0.2, 0.25) is 5.02 Å². The van der Waals surface area contributed by atoms with E-state index in [9.17, 15) is 4.39 Å². The average molecular weight is 282 g/mol. The fourth-order valence-electron chi connectivity index (χ4n) is 2.19. The summed E-state index contributed by atoms with van der Waals surface area (Å²) in [5.74, 6) is 0.708. The summed E-state index contributed by atoms with van der Waals surface area (Å²) in [6, 6.07) is 4.65. The minimum atomic E-state index is -0.272. The minimum absolute atomic E-state index is 0.120. The Balaban J connectivity index is 2.15. The number of halogens is 2. The van der Waals surface area contributed by atoms with Gasteiger partial charge in [-0.3, -0.25) is 0 Å². The Morgan fingerprint density at radius 3 is 2.84 bits per heavy atom. The highest BCUT2D eigenvalue weighted by molar-refractivity contribution is 6.31. The molecular formula is C14H17ClFN3. The maximum atomic E-state index is 13.9. The van der Waals surface area contributed by atoms with Crippen molar-refractivity contribution >= 4 is 11.6 Å². The lowest BCUT2D eigenvalue weighted by molar-refractivity contribution is 0.501. The maximum absolute atomic E-state index is 13.9. The molecule has 3 nitrogen and oxygen atoms in total. The first-order valence-corrected chi connectivity index (χ1v) is 6.58. The second-order valence-electron chi connectivity index (χ2n) is 4.47. The Morgan fingerprint density at radius 2 is 2.26 bits per heavy atom. The van der Waals surface area contributed by atoms with Gasteiger partial charge in [0.15, 0.2) is 0 Å².